The molecule has 5 unspecified atom stereocenters. The van der Waals surface area contributed by atoms with Gasteiger partial charge in [-0.1, -0.05) is 20.3 Å². The first-order valence-electron chi connectivity index (χ1n) is 7.79. The number of fused-ring (bicyclic) bond motifs is 1. The van der Waals surface area contributed by atoms with Crippen LogP contribution in [0.1, 0.15) is 36.4 Å². The van der Waals surface area contributed by atoms with Crippen molar-refractivity contribution in [1.82, 2.24) is 15.1 Å². The number of hydrogen-bond acceptors (Lipinski definition) is 3. The zero-order chi connectivity index (χ0) is 13.3. The fraction of sp³-hybridized carbons (Fsp3) is 1.00. The van der Waals surface area contributed by atoms with Gasteiger partial charge in [-0.2, -0.15) is 0 Å². The topological polar surface area (TPSA) is 18.5 Å². The Labute approximate surface area is 103 Å². The standard InChI is InChI=1S/C13H27N3/c1-4-11(2)8-15-9-12(3)16-7-5-6-14-13(16)10-15/h11-14H,4-10H2,1-3H3/i7D,9D. The summed E-state index contributed by atoms with van der Waals surface area (Å²) in [5.74, 6) is 0.645. The molecule has 2 aliphatic heterocycles. The van der Waals surface area contributed by atoms with Crippen molar-refractivity contribution in [1.29, 1.82) is 0 Å². The van der Waals surface area contributed by atoms with Crippen LogP contribution in [0.15, 0.2) is 0 Å². The average molecular weight is 227 g/mol. The van der Waals surface area contributed by atoms with Gasteiger partial charge in [0.15, 0.2) is 0 Å². The third-order valence-corrected chi connectivity index (χ3v) is 3.77. The Morgan fingerprint density at radius 1 is 1.56 bits per heavy atom. The molecule has 0 aromatic heterocycles. The van der Waals surface area contributed by atoms with E-state index >= 15 is 0 Å². The van der Waals surface area contributed by atoms with E-state index in [2.05, 4.69) is 35.9 Å². The molecule has 3 heteroatoms. The van der Waals surface area contributed by atoms with Gasteiger partial charge in [0, 0.05) is 34.9 Å². The summed E-state index contributed by atoms with van der Waals surface area (Å²) in [6.45, 7) is 9.06. The van der Waals surface area contributed by atoms with Crippen molar-refractivity contribution in [3.05, 3.63) is 0 Å². The molecule has 0 aromatic carbocycles. The van der Waals surface area contributed by atoms with Gasteiger partial charge in [-0.25, -0.2) is 0 Å². The first-order chi connectivity index (χ1) is 8.54. The number of piperazine rings is 1. The van der Waals surface area contributed by atoms with E-state index < -0.39 is 0 Å². The summed E-state index contributed by atoms with van der Waals surface area (Å²) in [5.41, 5.74) is 0. The van der Waals surface area contributed by atoms with Crippen LogP contribution >= 0.6 is 0 Å². The van der Waals surface area contributed by atoms with Gasteiger partial charge in [0.25, 0.3) is 0 Å². The summed E-state index contributed by atoms with van der Waals surface area (Å²) in [5, 5.41) is 3.50. The third kappa shape index (κ3) is 2.76. The molecule has 16 heavy (non-hydrogen) atoms. The smallest absolute Gasteiger partial charge is 0.0731 e. The summed E-state index contributed by atoms with van der Waals surface area (Å²) in [7, 11) is 0. The van der Waals surface area contributed by atoms with Crippen LogP contribution in [-0.2, 0) is 0 Å². The number of hydrogen-bond donors (Lipinski definition) is 1. The third-order valence-electron chi connectivity index (χ3n) is 3.77. The quantitative estimate of drug-likeness (QED) is 0.785. The molecule has 0 radical (unpaired) electrons. The predicted octanol–water partition coefficient (Wildman–Crippen LogP) is 1.36. The maximum absolute atomic E-state index is 8.39. The summed E-state index contributed by atoms with van der Waals surface area (Å²) < 4.78 is 16.5. The van der Waals surface area contributed by atoms with Crippen molar-refractivity contribution in [3.8, 4) is 0 Å². The molecule has 0 bridgehead atoms. The van der Waals surface area contributed by atoms with Crippen molar-refractivity contribution in [3.63, 3.8) is 0 Å². The van der Waals surface area contributed by atoms with Crippen LogP contribution in [0.5, 0.6) is 0 Å². The van der Waals surface area contributed by atoms with Crippen molar-refractivity contribution >= 4 is 0 Å². The van der Waals surface area contributed by atoms with E-state index in [0.29, 0.717) is 5.92 Å². The van der Waals surface area contributed by atoms with Crippen LogP contribution in [0.3, 0.4) is 0 Å². The molecule has 0 aromatic rings. The van der Waals surface area contributed by atoms with Gasteiger partial charge in [-0.05, 0) is 25.8 Å². The highest BCUT2D eigenvalue weighted by Crippen LogP contribution is 2.18. The molecule has 3 nitrogen and oxygen atoms in total. The second kappa shape index (κ2) is 5.48. The van der Waals surface area contributed by atoms with Crippen LogP contribution in [0.25, 0.3) is 0 Å². The number of rotatable bonds is 3. The molecule has 1 N–H and O–H groups in total. The lowest BCUT2D eigenvalue weighted by molar-refractivity contribution is -0.00640. The van der Waals surface area contributed by atoms with Gasteiger partial charge >= 0.3 is 0 Å². The summed E-state index contributed by atoms with van der Waals surface area (Å²) >= 11 is 0. The van der Waals surface area contributed by atoms with Gasteiger partial charge in [-0.3, -0.25) is 9.80 Å². The lowest BCUT2D eigenvalue weighted by Gasteiger charge is -2.48. The minimum Gasteiger partial charge on any atom is -0.301 e. The van der Waals surface area contributed by atoms with Crippen LogP contribution < -0.4 is 5.32 Å². The second-order valence-corrected chi connectivity index (χ2v) is 5.25. The van der Waals surface area contributed by atoms with Gasteiger partial charge < -0.3 is 5.32 Å². The molecule has 0 amide bonds. The van der Waals surface area contributed by atoms with E-state index in [1.807, 2.05) is 0 Å². The zero-order valence-electron chi connectivity index (χ0n) is 12.8. The number of nitrogens with one attached hydrogen (secondary N) is 1. The van der Waals surface area contributed by atoms with Gasteiger partial charge in [0.05, 0.1) is 6.17 Å². The molecule has 2 heterocycles. The first kappa shape index (κ1) is 9.86. The lowest BCUT2D eigenvalue weighted by Crippen LogP contribution is -2.65. The van der Waals surface area contributed by atoms with E-state index in [9.17, 15) is 0 Å². The minimum atomic E-state index is -0.192. The van der Waals surface area contributed by atoms with Crippen LogP contribution in [0.2, 0.25) is 0 Å². The molecule has 94 valence electrons. The molecule has 0 aliphatic carbocycles. The van der Waals surface area contributed by atoms with E-state index in [1.165, 1.54) is 6.42 Å². The molecule has 2 rings (SSSR count). The molecular formula is C13H27N3. The Morgan fingerprint density at radius 3 is 3.12 bits per heavy atom. The molecular weight excluding hydrogens is 198 g/mol. The molecule has 2 saturated heterocycles. The highest BCUT2D eigenvalue weighted by atomic mass is 15.4. The SMILES string of the molecule is [2H]C1C(C)N2C([2H])CCNC2CN1CC(C)CC. The lowest BCUT2D eigenvalue weighted by atomic mass is 10.0. The van der Waals surface area contributed by atoms with Crippen molar-refractivity contribution in [2.45, 2.75) is 45.8 Å². The van der Waals surface area contributed by atoms with Gasteiger partial charge in [0.1, 0.15) is 0 Å². The van der Waals surface area contributed by atoms with Crippen molar-refractivity contribution < 1.29 is 2.74 Å². The molecule has 0 saturated carbocycles. The monoisotopic (exact) mass is 227 g/mol. The van der Waals surface area contributed by atoms with Crippen LogP contribution in [0.4, 0.5) is 0 Å². The molecule has 0 spiro atoms. The summed E-state index contributed by atoms with van der Waals surface area (Å²) in [6, 6.07) is 0.142. The Balaban J connectivity index is 2.04. The minimum absolute atomic E-state index is 0.134. The van der Waals surface area contributed by atoms with E-state index in [1.54, 1.807) is 0 Å². The fourth-order valence-corrected chi connectivity index (χ4v) is 2.64. The Kier molecular flexibility index (Phi) is 3.38. The maximum Gasteiger partial charge on any atom is 0.0731 e. The normalized spacial score (nSPS) is 45.7. The second-order valence-electron chi connectivity index (χ2n) is 5.25. The van der Waals surface area contributed by atoms with E-state index in [0.717, 1.165) is 26.1 Å². The van der Waals surface area contributed by atoms with Gasteiger partial charge in [0.2, 0.25) is 0 Å². The summed E-state index contributed by atoms with van der Waals surface area (Å²) in [4.78, 5) is 4.47. The molecule has 2 fully saturated rings. The Hall–Kier alpha value is -0.120. The highest BCUT2D eigenvalue weighted by molar-refractivity contribution is 4.88. The molecule has 2 aliphatic rings. The average Bonchev–Trinajstić information content (AvgIpc) is 2.35. The first-order valence-corrected chi connectivity index (χ1v) is 6.64. The van der Waals surface area contributed by atoms with Gasteiger partial charge in [-0.15, -0.1) is 0 Å². The van der Waals surface area contributed by atoms with E-state index in [4.69, 9.17) is 2.74 Å². The Bertz CT molecular complexity index is 275. The molecule has 5 atom stereocenters. The van der Waals surface area contributed by atoms with Crippen molar-refractivity contribution in [2.24, 2.45) is 5.92 Å². The zero-order valence-corrected chi connectivity index (χ0v) is 10.8. The Morgan fingerprint density at radius 2 is 2.38 bits per heavy atom. The van der Waals surface area contributed by atoms with Crippen LogP contribution in [0, 0.1) is 5.92 Å². The largest absolute Gasteiger partial charge is 0.301 e. The van der Waals surface area contributed by atoms with Crippen LogP contribution in [-0.4, -0.2) is 54.7 Å². The maximum atomic E-state index is 8.39. The highest BCUT2D eigenvalue weighted by Gasteiger charge is 2.33. The summed E-state index contributed by atoms with van der Waals surface area (Å²) in [6.07, 6.45) is 2.31. The number of nitrogens with zero attached hydrogens (tertiary/aromatic N) is 2. The van der Waals surface area contributed by atoms with Crippen molar-refractivity contribution in [2.75, 3.05) is 32.7 Å². The van der Waals surface area contributed by atoms with E-state index in [-0.39, 0.29) is 25.2 Å². The predicted molar refractivity (Wildman–Crippen MR) is 68.5 cm³/mol. The fourth-order valence-electron chi connectivity index (χ4n) is 2.64.